The number of thioether (sulfide) groups is 1. The van der Waals surface area contributed by atoms with E-state index in [-0.39, 0.29) is 17.1 Å². The number of hydrogen-bond acceptors (Lipinski definition) is 8. The Labute approximate surface area is 139 Å². The maximum atomic E-state index is 11.9. The zero-order valence-electron chi connectivity index (χ0n) is 12.2. The monoisotopic (exact) mass is 345 g/mol. The highest BCUT2D eigenvalue weighted by Crippen LogP contribution is 2.31. The van der Waals surface area contributed by atoms with Crippen molar-refractivity contribution in [2.45, 2.75) is 4.90 Å². The summed E-state index contributed by atoms with van der Waals surface area (Å²) in [4.78, 5) is 26.9. The van der Waals surface area contributed by atoms with Gasteiger partial charge in [0.05, 0.1) is 10.5 Å². The Morgan fingerprint density at radius 2 is 2.12 bits per heavy atom. The molecule has 2 heterocycles. The van der Waals surface area contributed by atoms with Gasteiger partial charge in [-0.15, -0.1) is 11.8 Å². The average molecular weight is 345 g/mol. The molecule has 0 atom stereocenters. The normalized spacial score (nSPS) is 10.7. The number of carbonyl (C=O) groups excluding carboxylic acids is 1. The van der Waals surface area contributed by atoms with Crippen molar-refractivity contribution in [1.29, 1.82) is 0 Å². The lowest BCUT2D eigenvalue weighted by molar-refractivity contribution is -0.383. The summed E-state index contributed by atoms with van der Waals surface area (Å²) in [6, 6.07) is 6.33. The van der Waals surface area contributed by atoms with Crippen LogP contribution in [0.2, 0.25) is 0 Å². The van der Waals surface area contributed by atoms with Crippen LogP contribution in [-0.4, -0.2) is 38.4 Å². The van der Waals surface area contributed by atoms with Gasteiger partial charge in [-0.1, -0.05) is 0 Å². The molecule has 0 aliphatic heterocycles. The first-order chi connectivity index (χ1) is 11.7. The molecule has 24 heavy (non-hydrogen) atoms. The van der Waals surface area contributed by atoms with Gasteiger partial charge in [-0.3, -0.25) is 19.9 Å². The minimum Gasteiger partial charge on any atom is -0.351 e. The second-order valence-electron chi connectivity index (χ2n) is 4.65. The van der Waals surface area contributed by atoms with Crippen molar-refractivity contribution in [3.63, 3.8) is 0 Å². The Balaban J connectivity index is 1.61. The van der Waals surface area contributed by atoms with Crippen LogP contribution in [0.25, 0.3) is 11.0 Å². The molecule has 0 aliphatic carbocycles. The minimum absolute atomic E-state index is 0.115. The number of carbonyl (C=O) groups is 1. The summed E-state index contributed by atoms with van der Waals surface area (Å²) in [5.74, 6) is 0.354. The van der Waals surface area contributed by atoms with E-state index in [0.29, 0.717) is 28.3 Å². The highest BCUT2D eigenvalue weighted by molar-refractivity contribution is 7.99. The largest absolute Gasteiger partial charge is 0.351 e. The van der Waals surface area contributed by atoms with Crippen molar-refractivity contribution in [2.75, 3.05) is 12.3 Å². The maximum absolute atomic E-state index is 11.9. The molecule has 0 saturated heterocycles. The Kier molecular flexibility index (Phi) is 4.66. The van der Waals surface area contributed by atoms with Gasteiger partial charge in [0, 0.05) is 35.7 Å². The number of pyridine rings is 1. The van der Waals surface area contributed by atoms with Crippen LogP contribution in [0.15, 0.2) is 46.2 Å². The predicted molar refractivity (Wildman–Crippen MR) is 85.8 cm³/mol. The fourth-order valence-corrected chi connectivity index (χ4v) is 2.88. The number of non-ortho nitro benzene ring substituents is 1. The van der Waals surface area contributed by atoms with Crippen LogP contribution in [0, 0.1) is 10.1 Å². The summed E-state index contributed by atoms with van der Waals surface area (Å²) in [7, 11) is 0. The average Bonchev–Trinajstić information content (AvgIpc) is 3.08. The molecule has 1 N–H and O–H groups in total. The molecule has 0 unspecified atom stereocenters. The summed E-state index contributed by atoms with van der Waals surface area (Å²) in [5, 5.41) is 21.0. The van der Waals surface area contributed by atoms with E-state index in [1.54, 1.807) is 24.4 Å². The van der Waals surface area contributed by atoms with Crippen molar-refractivity contribution < 1.29 is 14.3 Å². The first kappa shape index (κ1) is 15.9. The van der Waals surface area contributed by atoms with E-state index >= 15 is 0 Å². The zero-order valence-corrected chi connectivity index (χ0v) is 13.0. The molecule has 1 aromatic carbocycles. The van der Waals surface area contributed by atoms with Gasteiger partial charge in [0.1, 0.15) is 0 Å². The van der Waals surface area contributed by atoms with Crippen molar-refractivity contribution in [2.24, 2.45) is 0 Å². The first-order valence-electron chi connectivity index (χ1n) is 6.87. The molecule has 0 aliphatic rings. The summed E-state index contributed by atoms with van der Waals surface area (Å²) in [6.07, 6.45) is 3.09. The number of rotatable bonds is 6. The third-order valence-electron chi connectivity index (χ3n) is 3.12. The molecule has 0 bridgehead atoms. The van der Waals surface area contributed by atoms with E-state index in [4.69, 9.17) is 0 Å². The Hall–Kier alpha value is -3.01. The standard InChI is InChI=1S/C14H11N5O4S/c20-14(9-2-1-5-15-8-9)16-6-7-24-11-4-3-10(19(21)22)12-13(11)18-23-17-12/h1-5,8H,6-7H2,(H,16,20). The van der Waals surface area contributed by atoms with Gasteiger partial charge >= 0.3 is 5.69 Å². The van der Waals surface area contributed by atoms with Crippen molar-refractivity contribution in [1.82, 2.24) is 20.6 Å². The number of fused-ring (bicyclic) bond motifs is 1. The zero-order chi connectivity index (χ0) is 16.9. The van der Waals surface area contributed by atoms with Gasteiger partial charge < -0.3 is 5.32 Å². The smallest absolute Gasteiger partial charge is 0.300 e. The Morgan fingerprint density at radius 1 is 1.29 bits per heavy atom. The van der Waals surface area contributed by atoms with Crippen molar-refractivity contribution in [3.05, 3.63) is 52.3 Å². The molecule has 0 saturated carbocycles. The topological polar surface area (TPSA) is 124 Å². The van der Waals surface area contributed by atoms with Crippen molar-refractivity contribution >= 4 is 34.4 Å². The van der Waals surface area contributed by atoms with Gasteiger partial charge in [0.2, 0.25) is 5.52 Å². The summed E-state index contributed by atoms with van der Waals surface area (Å²) in [6.45, 7) is 0.419. The molecule has 0 fully saturated rings. The lowest BCUT2D eigenvalue weighted by atomic mass is 10.3. The molecule has 0 radical (unpaired) electrons. The Morgan fingerprint density at radius 3 is 2.88 bits per heavy atom. The lowest BCUT2D eigenvalue weighted by Crippen LogP contribution is -2.25. The van der Waals surface area contributed by atoms with Gasteiger partial charge in [-0.25, -0.2) is 4.63 Å². The van der Waals surface area contributed by atoms with Gasteiger partial charge in [-0.05, 0) is 28.5 Å². The molecule has 3 aromatic rings. The molecule has 2 aromatic heterocycles. The van der Waals surface area contributed by atoms with Crippen LogP contribution in [0.3, 0.4) is 0 Å². The van der Waals surface area contributed by atoms with Crippen LogP contribution < -0.4 is 5.32 Å². The van der Waals surface area contributed by atoms with E-state index in [9.17, 15) is 14.9 Å². The number of nitro benzene ring substituents is 1. The molecular formula is C14H11N5O4S. The number of nitrogens with zero attached hydrogens (tertiary/aromatic N) is 4. The molecule has 9 nitrogen and oxygen atoms in total. The third-order valence-corrected chi connectivity index (χ3v) is 4.17. The summed E-state index contributed by atoms with van der Waals surface area (Å²) in [5.41, 5.74) is 0.790. The fraction of sp³-hybridized carbons (Fsp3) is 0.143. The molecular weight excluding hydrogens is 334 g/mol. The molecule has 1 amide bonds. The van der Waals surface area contributed by atoms with Gasteiger partial charge in [0.15, 0.2) is 5.52 Å². The van der Waals surface area contributed by atoms with Crippen LogP contribution in [-0.2, 0) is 0 Å². The van der Waals surface area contributed by atoms with Crippen LogP contribution >= 0.6 is 11.8 Å². The predicted octanol–water partition coefficient (Wildman–Crippen LogP) is 2.05. The Bertz CT molecular complexity index is 883. The highest BCUT2D eigenvalue weighted by Gasteiger charge is 2.19. The van der Waals surface area contributed by atoms with E-state index in [1.807, 2.05) is 0 Å². The summed E-state index contributed by atoms with van der Waals surface area (Å²) < 4.78 is 4.60. The second-order valence-corrected chi connectivity index (χ2v) is 5.78. The molecule has 0 spiro atoms. The van der Waals surface area contributed by atoms with Crippen LogP contribution in [0.1, 0.15) is 10.4 Å². The van der Waals surface area contributed by atoms with Gasteiger partial charge in [0.25, 0.3) is 5.91 Å². The van der Waals surface area contributed by atoms with Crippen LogP contribution in [0.5, 0.6) is 0 Å². The summed E-state index contributed by atoms with van der Waals surface area (Å²) >= 11 is 1.40. The van der Waals surface area contributed by atoms with E-state index in [0.717, 1.165) is 0 Å². The van der Waals surface area contributed by atoms with Crippen LogP contribution in [0.4, 0.5) is 5.69 Å². The number of nitrogens with one attached hydrogen (secondary N) is 1. The number of nitro groups is 1. The van der Waals surface area contributed by atoms with E-state index in [1.165, 1.54) is 24.0 Å². The molecule has 3 rings (SSSR count). The number of aromatic nitrogens is 3. The van der Waals surface area contributed by atoms with Gasteiger partial charge in [-0.2, -0.15) is 0 Å². The lowest BCUT2D eigenvalue weighted by Gasteiger charge is -2.05. The maximum Gasteiger partial charge on any atom is 0.300 e. The molecule has 122 valence electrons. The highest BCUT2D eigenvalue weighted by atomic mass is 32.2. The van der Waals surface area contributed by atoms with E-state index in [2.05, 4.69) is 25.2 Å². The third kappa shape index (κ3) is 3.33. The van der Waals surface area contributed by atoms with Crippen molar-refractivity contribution in [3.8, 4) is 0 Å². The first-order valence-corrected chi connectivity index (χ1v) is 7.86. The SMILES string of the molecule is O=C(NCCSc1ccc([N+](=O)[O-])c2nonc12)c1cccnc1. The molecule has 10 heteroatoms. The second kappa shape index (κ2) is 7.04. The number of amides is 1. The quantitative estimate of drug-likeness (QED) is 0.311. The van der Waals surface area contributed by atoms with E-state index < -0.39 is 4.92 Å². The number of benzene rings is 1. The number of hydrogen-bond donors (Lipinski definition) is 1. The minimum atomic E-state index is -0.533. The fourth-order valence-electron chi connectivity index (χ4n) is 2.02.